The average Bonchev–Trinajstić information content (AvgIpc) is 2.01. The average molecular weight is 202 g/mol. The zero-order chi connectivity index (χ0) is 11.2. The van der Waals surface area contributed by atoms with E-state index in [2.05, 4.69) is 0 Å². The summed E-state index contributed by atoms with van der Waals surface area (Å²) in [5.41, 5.74) is -0.0235. The van der Waals surface area contributed by atoms with Gasteiger partial charge >= 0.3 is 0 Å². The van der Waals surface area contributed by atoms with Crippen LogP contribution in [0.2, 0.25) is 0 Å². The third-order valence-electron chi connectivity index (χ3n) is 1.69. The molecule has 84 valence electrons. The van der Waals surface area contributed by atoms with Crippen molar-refractivity contribution in [2.75, 3.05) is 13.2 Å². The van der Waals surface area contributed by atoms with Crippen molar-refractivity contribution < 1.29 is 14.6 Å². The van der Waals surface area contributed by atoms with Gasteiger partial charge in [0.2, 0.25) is 0 Å². The SMILES string of the molecule is CCOC(OCC)C(C)(O)C=C(C)C. The van der Waals surface area contributed by atoms with E-state index in [1.807, 2.05) is 27.7 Å². The maximum Gasteiger partial charge on any atom is 0.189 e. The summed E-state index contributed by atoms with van der Waals surface area (Å²) in [6.45, 7) is 10.4. The standard InChI is InChI=1S/C11H22O3/c1-6-13-10(14-7-2)11(5,12)8-9(3)4/h8,10,12H,6-7H2,1-5H3. The fourth-order valence-electron chi connectivity index (χ4n) is 1.34. The van der Waals surface area contributed by atoms with Gasteiger partial charge in [0.25, 0.3) is 0 Å². The van der Waals surface area contributed by atoms with E-state index in [-0.39, 0.29) is 0 Å². The summed E-state index contributed by atoms with van der Waals surface area (Å²) < 4.78 is 10.7. The Labute approximate surface area is 86.7 Å². The van der Waals surface area contributed by atoms with Gasteiger partial charge in [-0.15, -0.1) is 0 Å². The van der Waals surface area contributed by atoms with Crippen LogP contribution < -0.4 is 0 Å². The Kier molecular flexibility index (Phi) is 6.00. The first-order valence-corrected chi connectivity index (χ1v) is 5.05. The summed E-state index contributed by atoms with van der Waals surface area (Å²) in [5, 5.41) is 10.1. The van der Waals surface area contributed by atoms with Gasteiger partial charge in [0.15, 0.2) is 6.29 Å². The zero-order valence-electron chi connectivity index (χ0n) is 9.83. The molecule has 1 unspecified atom stereocenters. The van der Waals surface area contributed by atoms with Crippen LogP contribution in [-0.4, -0.2) is 30.2 Å². The molecule has 3 nitrogen and oxygen atoms in total. The predicted octanol–water partition coefficient (Wildman–Crippen LogP) is 2.10. The van der Waals surface area contributed by atoms with Gasteiger partial charge in [0.05, 0.1) is 0 Å². The lowest BCUT2D eigenvalue weighted by atomic mass is 10.0. The monoisotopic (exact) mass is 202 g/mol. The van der Waals surface area contributed by atoms with Crippen LogP contribution in [0.25, 0.3) is 0 Å². The third-order valence-corrected chi connectivity index (χ3v) is 1.69. The van der Waals surface area contributed by atoms with Crippen molar-refractivity contribution in [2.45, 2.75) is 46.5 Å². The second kappa shape index (κ2) is 6.17. The minimum atomic E-state index is -1.06. The zero-order valence-corrected chi connectivity index (χ0v) is 9.83. The van der Waals surface area contributed by atoms with Gasteiger partial charge in [-0.25, -0.2) is 0 Å². The molecule has 0 aromatic heterocycles. The van der Waals surface area contributed by atoms with E-state index in [4.69, 9.17) is 9.47 Å². The molecule has 0 radical (unpaired) electrons. The molecule has 0 aliphatic heterocycles. The predicted molar refractivity (Wildman–Crippen MR) is 57.1 cm³/mol. The molecular weight excluding hydrogens is 180 g/mol. The van der Waals surface area contributed by atoms with Crippen LogP contribution >= 0.6 is 0 Å². The molecule has 0 spiro atoms. The van der Waals surface area contributed by atoms with E-state index in [9.17, 15) is 5.11 Å². The molecule has 0 saturated heterocycles. The number of ether oxygens (including phenoxy) is 2. The Morgan fingerprint density at radius 3 is 2.00 bits per heavy atom. The van der Waals surface area contributed by atoms with E-state index in [1.54, 1.807) is 13.0 Å². The van der Waals surface area contributed by atoms with Gasteiger partial charge in [0, 0.05) is 13.2 Å². The van der Waals surface area contributed by atoms with E-state index < -0.39 is 11.9 Å². The topological polar surface area (TPSA) is 38.7 Å². The minimum Gasteiger partial charge on any atom is -0.381 e. The fourth-order valence-corrected chi connectivity index (χ4v) is 1.34. The van der Waals surface area contributed by atoms with Crippen molar-refractivity contribution in [3.05, 3.63) is 11.6 Å². The first-order chi connectivity index (χ1) is 6.44. The summed E-state index contributed by atoms with van der Waals surface area (Å²) in [7, 11) is 0. The molecule has 0 heterocycles. The number of rotatable bonds is 6. The highest BCUT2D eigenvalue weighted by molar-refractivity contribution is 5.06. The molecule has 0 aliphatic carbocycles. The Morgan fingerprint density at radius 1 is 1.29 bits per heavy atom. The summed E-state index contributed by atoms with van der Waals surface area (Å²) in [4.78, 5) is 0. The van der Waals surface area contributed by atoms with Gasteiger partial charge in [-0.1, -0.05) is 5.57 Å². The van der Waals surface area contributed by atoms with Crippen molar-refractivity contribution in [2.24, 2.45) is 0 Å². The normalized spacial score (nSPS) is 15.4. The van der Waals surface area contributed by atoms with Gasteiger partial charge < -0.3 is 14.6 Å². The molecule has 0 fully saturated rings. The van der Waals surface area contributed by atoms with Crippen molar-refractivity contribution in [1.82, 2.24) is 0 Å². The highest BCUT2D eigenvalue weighted by Gasteiger charge is 2.30. The van der Waals surface area contributed by atoms with Crippen molar-refractivity contribution in [1.29, 1.82) is 0 Å². The highest BCUT2D eigenvalue weighted by Crippen LogP contribution is 2.18. The minimum absolute atomic E-state index is 0.525. The van der Waals surface area contributed by atoms with Crippen molar-refractivity contribution >= 4 is 0 Å². The molecule has 14 heavy (non-hydrogen) atoms. The summed E-state index contributed by atoms with van der Waals surface area (Å²) in [6.07, 6.45) is 1.16. The van der Waals surface area contributed by atoms with E-state index in [0.717, 1.165) is 5.57 Å². The second-order valence-corrected chi connectivity index (χ2v) is 3.69. The van der Waals surface area contributed by atoms with Gasteiger partial charge in [-0.3, -0.25) is 0 Å². The number of allylic oxidation sites excluding steroid dienone is 1. The molecule has 0 bridgehead atoms. The summed E-state index contributed by atoms with van der Waals surface area (Å²) >= 11 is 0. The highest BCUT2D eigenvalue weighted by atomic mass is 16.7. The Bertz CT molecular complexity index is 175. The molecular formula is C11H22O3. The quantitative estimate of drug-likeness (QED) is 0.529. The first-order valence-electron chi connectivity index (χ1n) is 5.05. The molecule has 0 aromatic rings. The Balaban J connectivity index is 4.52. The number of hydrogen-bond acceptors (Lipinski definition) is 3. The lowest BCUT2D eigenvalue weighted by Crippen LogP contribution is -2.41. The Hall–Kier alpha value is -0.380. The molecule has 0 amide bonds. The molecule has 0 aliphatic rings. The van der Waals surface area contributed by atoms with Crippen LogP contribution in [0.5, 0.6) is 0 Å². The van der Waals surface area contributed by atoms with Crippen molar-refractivity contribution in [3.8, 4) is 0 Å². The molecule has 0 saturated carbocycles. The maximum atomic E-state index is 10.1. The molecule has 1 N–H and O–H groups in total. The van der Waals surface area contributed by atoms with Gasteiger partial charge in [0.1, 0.15) is 5.60 Å². The van der Waals surface area contributed by atoms with Crippen LogP contribution in [-0.2, 0) is 9.47 Å². The lowest BCUT2D eigenvalue weighted by molar-refractivity contribution is -0.212. The Morgan fingerprint density at radius 2 is 1.71 bits per heavy atom. The fraction of sp³-hybridized carbons (Fsp3) is 0.818. The van der Waals surface area contributed by atoms with Gasteiger partial charge in [-0.05, 0) is 40.7 Å². The number of hydrogen-bond donors (Lipinski definition) is 1. The summed E-state index contributed by atoms with van der Waals surface area (Å²) in [5.74, 6) is 0. The van der Waals surface area contributed by atoms with Crippen molar-refractivity contribution in [3.63, 3.8) is 0 Å². The largest absolute Gasteiger partial charge is 0.381 e. The summed E-state index contributed by atoms with van der Waals surface area (Å²) in [6, 6.07) is 0. The van der Waals surface area contributed by atoms with E-state index in [0.29, 0.717) is 13.2 Å². The molecule has 1 atom stereocenters. The van der Waals surface area contributed by atoms with Gasteiger partial charge in [-0.2, -0.15) is 0 Å². The maximum absolute atomic E-state index is 10.1. The van der Waals surface area contributed by atoms with Crippen LogP contribution in [0.1, 0.15) is 34.6 Å². The molecule has 0 aromatic carbocycles. The lowest BCUT2D eigenvalue weighted by Gasteiger charge is -2.29. The van der Waals surface area contributed by atoms with Crippen LogP contribution in [0.15, 0.2) is 11.6 Å². The first kappa shape index (κ1) is 13.6. The van der Waals surface area contributed by atoms with Crippen LogP contribution in [0.3, 0.4) is 0 Å². The molecule has 0 rings (SSSR count). The molecule has 3 heteroatoms. The number of aliphatic hydroxyl groups is 1. The van der Waals surface area contributed by atoms with E-state index in [1.165, 1.54) is 0 Å². The second-order valence-electron chi connectivity index (χ2n) is 3.69. The van der Waals surface area contributed by atoms with E-state index >= 15 is 0 Å². The smallest absolute Gasteiger partial charge is 0.189 e. The third kappa shape index (κ3) is 4.74. The van der Waals surface area contributed by atoms with Crippen LogP contribution in [0, 0.1) is 0 Å². The van der Waals surface area contributed by atoms with Crippen LogP contribution in [0.4, 0.5) is 0 Å².